The Hall–Kier alpha value is -1.70. The topological polar surface area (TPSA) is 62.2 Å². The van der Waals surface area contributed by atoms with Crippen LogP contribution < -0.4 is 4.74 Å². The van der Waals surface area contributed by atoms with Gasteiger partial charge in [-0.05, 0) is 30.7 Å². The van der Waals surface area contributed by atoms with Gasteiger partial charge in [-0.3, -0.25) is 9.69 Å². The van der Waals surface area contributed by atoms with Crippen molar-refractivity contribution in [1.82, 2.24) is 9.80 Å². The minimum atomic E-state index is -0.647. The highest BCUT2D eigenvalue weighted by atomic mass is 19.1. The summed E-state index contributed by atoms with van der Waals surface area (Å²) in [5, 5.41) is 10.3. The number of halogens is 1. The molecule has 2 saturated heterocycles. The fourth-order valence-corrected chi connectivity index (χ4v) is 3.19. The molecule has 2 atom stereocenters. The van der Waals surface area contributed by atoms with Gasteiger partial charge in [-0.25, -0.2) is 4.39 Å². The van der Waals surface area contributed by atoms with E-state index in [-0.39, 0.29) is 11.7 Å². The predicted molar refractivity (Wildman–Crippen MR) is 89.9 cm³/mol. The molecule has 2 aliphatic heterocycles. The van der Waals surface area contributed by atoms with Crippen LogP contribution in [0.4, 0.5) is 4.39 Å². The van der Waals surface area contributed by atoms with Crippen LogP contribution in [0.3, 0.4) is 0 Å². The number of amides is 1. The number of carbonyl (C=O) groups excluding carboxylic acids is 1. The minimum Gasteiger partial charge on any atom is -0.488 e. The van der Waals surface area contributed by atoms with E-state index in [0.717, 1.165) is 13.1 Å². The normalized spacial score (nSPS) is 25.4. The molecule has 0 aliphatic carbocycles. The van der Waals surface area contributed by atoms with Crippen LogP contribution >= 0.6 is 0 Å². The lowest BCUT2D eigenvalue weighted by Crippen LogP contribution is -2.45. The van der Waals surface area contributed by atoms with E-state index in [2.05, 4.69) is 4.90 Å². The first-order valence-electron chi connectivity index (χ1n) is 8.80. The van der Waals surface area contributed by atoms with E-state index in [1.54, 1.807) is 17.0 Å². The second-order valence-electron chi connectivity index (χ2n) is 6.52. The molecular weight excluding hydrogens is 327 g/mol. The quantitative estimate of drug-likeness (QED) is 0.872. The van der Waals surface area contributed by atoms with Crippen LogP contribution in [0.25, 0.3) is 0 Å². The zero-order chi connectivity index (χ0) is 17.6. The first kappa shape index (κ1) is 18.1. The van der Waals surface area contributed by atoms with Gasteiger partial charge in [0.15, 0.2) is 0 Å². The van der Waals surface area contributed by atoms with Crippen LogP contribution in [0.5, 0.6) is 5.75 Å². The first-order chi connectivity index (χ1) is 12.1. The number of rotatable bonds is 4. The standard InChI is InChI=1S/C18H25FN2O4/c19-14-1-3-15(4-2-14)25-17-6-8-21(7-5-16(17)22)18(23)13-20-9-11-24-12-10-20/h1-4,16-17,22H,5-13H2/t16-,17-/m0/s1. The summed E-state index contributed by atoms with van der Waals surface area (Å²) >= 11 is 0. The second-order valence-corrected chi connectivity index (χ2v) is 6.52. The highest BCUT2D eigenvalue weighted by molar-refractivity contribution is 5.78. The van der Waals surface area contributed by atoms with Gasteiger partial charge >= 0.3 is 0 Å². The molecule has 6 nitrogen and oxygen atoms in total. The Morgan fingerprint density at radius 2 is 1.84 bits per heavy atom. The average molecular weight is 352 g/mol. The van der Waals surface area contributed by atoms with Crippen molar-refractivity contribution >= 4 is 5.91 Å². The van der Waals surface area contributed by atoms with Gasteiger partial charge in [-0.1, -0.05) is 0 Å². The van der Waals surface area contributed by atoms with Crippen LogP contribution in [0, 0.1) is 5.82 Å². The molecule has 2 fully saturated rings. The van der Waals surface area contributed by atoms with E-state index >= 15 is 0 Å². The van der Waals surface area contributed by atoms with Gasteiger partial charge in [-0.2, -0.15) is 0 Å². The summed E-state index contributed by atoms with van der Waals surface area (Å²) in [5.41, 5.74) is 0. The van der Waals surface area contributed by atoms with Crippen LogP contribution in [-0.4, -0.2) is 79.0 Å². The minimum absolute atomic E-state index is 0.0801. The average Bonchev–Trinajstić information content (AvgIpc) is 2.80. The number of benzene rings is 1. The zero-order valence-corrected chi connectivity index (χ0v) is 14.3. The maximum atomic E-state index is 13.0. The van der Waals surface area contributed by atoms with Gasteiger partial charge in [0.1, 0.15) is 17.7 Å². The van der Waals surface area contributed by atoms with Crippen LogP contribution in [0.2, 0.25) is 0 Å². The maximum Gasteiger partial charge on any atom is 0.236 e. The van der Waals surface area contributed by atoms with Gasteiger partial charge in [-0.15, -0.1) is 0 Å². The number of hydrogen-bond acceptors (Lipinski definition) is 5. The highest BCUT2D eigenvalue weighted by Crippen LogP contribution is 2.20. The molecule has 2 aliphatic rings. The molecule has 2 heterocycles. The van der Waals surface area contributed by atoms with Crippen molar-refractivity contribution in [3.8, 4) is 5.75 Å². The van der Waals surface area contributed by atoms with E-state index in [4.69, 9.17) is 9.47 Å². The summed E-state index contributed by atoms with van der Waals surface area (Å²) in [5.74, 6) is 0.281. The first-order valence-corrected chi connectivity index (χ1v) is 8.80. The third-order valence-electron chi connectivity index (χ3n) is 4.72. The molecule has 1 amide bonds. The van der Waals surface area contributed by atoms with E-state index < -0.39 is 12.2 Å². The summed E-state index contributed by atoms with van der Waals surface area (Å²) in [4.78, 5) is 16.4. The fraction of sp³-hybridized carbons (Fsp3) is 0.611. The molecular formula is C18H25FN2O4. The zero-order valence-electron chi connectivity index (χ0n) is 14.3. The number of morpholine rings is 1. The summed E-state index contributed by atoms with van der Waals surface area (Å²) in [6.45, 7) is 4.35. The molecule has 0 saturated carbocycles. The Labute approximate surface area is 147 Å². The number of nitrogens with zero attached hydrogens (tertiary/aromatic N) is 2. The largest absolute Gasteiger partial charge is 0.488 e. The summed E-state index contributed by atoms with van der Waals surface area (Å²) in [6, 6.07) is 5.76. The Bertz CT molecular complexity index is 563. The summed E-state index contributed by atoms with van der Waals surface area (Å²) in [6.07, 6.45) is -0.0217. The molecule has 3 rings (SSSR count). The second kappa shape index (κ2) is 8.60. The molecule has 0 aromatic heterocycles. The van der Waals surface area contributed by atoms with Gasteiger partial charge in [0.25, 0.3) is 0 Å². The molecule has 1 aromatic rings. The van der Waals surface area contributed by atoms with Crippen molar-refractivity contribution in [2.75, 3.05) is 45.9 Å². The number of hydrogen-bond donors (Lipinski definition) is 1. The van der Waals surface area contributed by atoms with Gasteiger partial charge in [0.2, 0.25) is 5.91 Å². The van der Waals surface area contributed by atoms with Crippen LogP contribution in [0.15, 0.2) is 24.3 Å². The third-order valence-corrected chi connectivity index (χ3v) is 4.72. The maximum absolute atomic E-state index is 13.0. The Morgan fingerprint density at radius 1 is 1.16 bits per heavy atom. The van der Waals surface area contributed by atoms with Crippen LogP contribution in [-0.2, 0) is 9.53 Å². The number of likely N-dealkylation sites (tertiary alicyclic amines) is 1. The SMILES string of the molecule is O=C(CN1CCOCC1)N1CC[C@H](Oc2ccc(F)cc2)[C@@H](O)CC1. The summed E-state index contributed by atoms with van der Waals surface area (Å²) < 4.78 is 24.1. The van der Waals surface area contributed by atoms with Gasteiger partial charge < -0.3 is 19.5 Å². The Morgan fingerprint density at radius 3 is 2.56 bits per heavy atom. The van der Waals surface area contributed by atoms with Crippen LogP contribution in [0.1, 0.15) is 12.8 Å². The van der Waals surface area contributed by atoms with Gasteiger partial charge in [0, 0.05) is 32.6 Å². The predicted octanol–water partition coefficient (Wildman–Crippen LogP) is 0.889. The third kappa shape index (κ3) is 5.14. The van der Waals surface area contributed by atoms with Gasteiger partial charge in [0.05, 0.1) is 25.9 Å². The van der Waals surface area contributed by atoms with Crippen molar-refractivity contribution in [1.29, 1.82) is 0 Å². The van der Waals surface area contributed by atoms with E-state index in [9.17, 15) is 14.3 Å². The highest BCUT2D eigenvalue weighted by Gasteiger charge is 2.29. The van der Waals surface area contributed by atoms with Crippen molar-refractivity contribution in [2.45, 2.75) is 25.0 Å². The molecule has 25 heavy (non-hydrogen) atoms. The molecule has 7 heteroatoms. The Kier molecular flexibility index (Phi) is 6.23. The van der Waals surface area contributed by atoms with Crippen molar-refractivity contribution in [2.24, 2.45) is 0 Å². The Balaban J connectivity index is 1.52. The van der Waals surface area contributed by atoms with E-state index in [1.165, 1.54) is 12.1 Å². The molecule has 0 spiro atoms. The van der Waals surface area contributed by atoms with Crippen molar-refractivity contribution in [3.63, 3.8) is 0 Å². The number of aliphatic hydroxyl groups is 1. The molecule has 1 N–H and O–H groups in total. The molecule has 1 aromatic carbocycles. The van der Waals surface area contributed by atoms with E-state index in [1.807, 2.05) is 0 Å². The lowest BCUT2D eigenvalue weighted by atomic mass is 10.1. The molecule has 0 radical (unpaired) electrons. The summed E-state index contributed by atoms with van der Waals surface area (Å²) in [7, 11) is 0. The molecule has 138 valence electrons. The van der Waals surface area contributed by atoms with E-state index in [0.29, 0.717) is 51.4 Å². The number of ether oxygens (including phenoxy) is 2. The van der Waals surface area contributed by atoms with Crippen molar-refractivity contribution < 1.29 is 23.8 Å². The molecule has 0 unspecified atom stereocenters. The lowest BCUT2D eigenvalue weighted by molar-refractivity contribution is -0.133. The monoisotopic (exact) mass is 352 g/mol. The number of carbonyl (C=O) groups is 1. The smallest absolute Gasteiger partial charge is 0.236 e. The number of aliphatic hydroxyl groups excluding tert-OH is 1. The van der Waals surface area contributed by atoms with Crippen molar-refractivity contribution in [3.05, 3.63) is 30.1 Å². The molecule has 0 bridgehead atoms. The lowest BCUT2D eigenvalue weighted by Gasteiger charge is -2.29. The fourth-order valence-electron chi connectivity index (χ4n) is 3.19.